The molecule has 0 heteroatoms. The van der Waals surface area contributed by atoms with E-state index < -0.39 is 0 Å². The first-order valence-corrected chi connectivity index (χ1v) is 15.2. The maximum absolute atomic E-state index is 2.24. The summed E-state index contributed by atoms with van der Waals surface area (Å²) in [6, 6.07) is 51.6. The summed E-state index contributed by atoms with van der Waals surface area (Å²) < 4.78 is 0. The first-order chi connectivity index (χ1) is 21.6. The highest BCUT2D eigenvalue weighted by atomic mass is 14.1. The number of benzene rings is 6. The molecule has 0 atom stereocenters. The van der Waals surface area contributed by atoms with E-state index in [1.807, 2.05) is 0 Å². The summed E-state index contributed by atoms with van der Waals surface area (Å²) >= 11 is 0. The van der Waals surface area contributed by atoms with Crippen LogP contribution in [0.25, 0.3) is 58.4 Å². The molecular formula is C44H36. The molecule has 0 unspecified atom stereocenters. The minimum Gasteiger partial charge on any atom is -0.0622 e. The second-order valence-electron chi connectivity index (χ2n) is 11.2. The van der Waals surface area contributed by atoms with Gasteiger partial charge in [-0.2, -0.15) is 0 Å². The van der Waals surface area contributed by atoms with E-state index in [1.54, 1.807) is 0 Å². The Labute approximate surface area is 261 Å². The van der Waals surface area contributed by atoms with Crippen LogP contribution in [0.5, 0.6) is 0 Å². The lowest BCUT2D eigenvalue weighted by Gasteiger charge is -2.07. The van der Waals surface area contributed by atoms with Crippen molar-refractivity contribution in [1.82, 2.24) is 0 Å². The van der Waals surface area contributed by atoms with Crippen LogP contribution >= 0.6 is 0 Å². The van der Waals surface area contributed by atoms with E-state index in [1.165, 1.54) is 66.4 Å². The second kappa shape index (κ2) is 13.7. The average molecular weight is 565 g/mol. The SMILES string of the molecule is CC(=Cc1ccc(C=Cc2ccc(C=Cc3ccc(C=C(C)c4ccccc4)cc3)c3ccccc23)cc1)c1ccccc1. The normalized spacial score (nSPS) is 12.4. The Balaban J connectivity index is 1.17. The van der Waals surface area contributed by atoms with Gasteiger partial charge in [0.1, 0.15) is 0 Å². The fraction of sp³-hybridized carbons (Fsp3) is 0.0455. The molecule has 0 saturated carbocycles. The molecule has 0 saturated heterocycles. The van der Waals surface area contributed by atoms with Crippen LogP contribution in [0, 0.1) is 0 Å². The molecule has 0 aromatic heterocycles. The van der Waals surface area contributed by atoms with Crippen molar-refractivity contribution >= 4 is 58.4 Å². The van der Waals surface area contributed by atoms with Crippen LogP contribution in [0.2, 0.25) is 0 Å². The third kappa shape index (κ3) is 7.12. The Morgan fingerprint density at radius 2 is 0.682 bits per heavy atom. The largest absolute Gasteiger partial charge is 0.0622 e. The molecule has 44 heavy (non-hydrogen) atoms. The number of fused-ring (bicyclic) bond motifs is 1. The zero-order valence-electron chi connectivity index (χ0n) is 25.3. The highest BCUT2D eigenvalue weighted by molar-refractivity contribution is 5.99. The minimum atomic E-state index is 1.19. The van der Waals surface area contributed by atoms with E-state index in [-0.39, 0.29) is 0 Å². The fourth-order valence-electron chi connectivity index (χ4n) is 5.48. The molecule has 0 spiro atoms. The summed E-state index contributed by atoms with van der Waals surface area (Å²) in [5, 5.41) is 2.50. The van der Waals surface area contributed by atoms with Crippen molar-refractivity contribution in [2.75, 3.05) is 0 Å². The quantitative estimate of drug-likeness (QED) is 0.161. The third-order valence-electron chi connectivity index (χ3n) is 8.00. The van der Waals surface area contributed by atoms with Crippen molar-refractivity contribution < 1.29 is 0 Å². The van der Waals surface area contributed by atoms with Crippen LogP contribution < -0.4 is 0 Å². The van der Waals surface area contributed by atoms with Crippen molar-refractivity contribution in [2.45, 2.75) is 13.8 Å². The Bertz CT molecular complexity index is 1820. The zero-order valence-corrected chi connectivity index (χ0v) is 25.3. The van der Waals surface area contributed by atoms with Gasteiger partial charge < -0.3 is 0 Å². The van der Waals surface area contributed by atoms with Crippen molar-refractivity contribution in [2.24, 2.45) is 0 Å². The van der Waals surface area contributed by atoms with Gasteiger partial charge in [-0.25, -0.2) is 0 Å². The molecule has 0 nitrogen and oxygen atoms in total. The van der Waals surface area contributed by atoms with Gasteiger partial charge in [0, 0.05) is 0 Å². The molecule has 212 valence electrons. The number of hydrogen-bond donors (Lipinski definition) is 0. The highest BCUT2D eigenvalue weighted by Gasteiger charge is 2.03. The Morgan fingerprint density at radius 1 is 0.341 bits per heavy atom. The average Bonchev–Trinajstić information content (AvgIpc) is 3.08. The molecule has 0 aliphatic heterocycles. The van der Waals surface area contributed by atoms with Crippen molar-refractivity contribution in [3.8, 4) is 0 Å². The Morgan fingerprint density at radius 3 is 1.07 bits per heavy atom. The molecule has 6 aromatic rings. The van der Waals surface area contributed by atoms with Crippen molar-refractivity contribution in [1.29, 1.82) is 0 Å². The molecule has 0 heterocycles. The Kier molecular flexibility index (Phi) is 8.90. The van der Waals surface area contributed by atoms with Gasteiger partial charge in [-0.1, -0.05) is 182 Å². The predicted octanol–water partition coefficient (Wildman–Crippen LogP) is 12.3. The van der Waals surface area contributed by atoms with Crippen LogP contribution in [0.4, 0.5) is 0 Å². The molecule has 0 amide bonds. The molecule has 0 fully saturated rings. The molecular weight excluding hydrogens is 528 g/mol. The minimum absolute atomic E-state index is 1.19. The topological polar surface area (TPSA) is 0 Å². The van der Waals surface area contributed by atoms with Crippen LogP contribution in [0.15, 0.2) is 146 Å². The van der Waals surface area contributed by atoms with Gasteiger partial charge in [-0.15, -0.1) is 0 Å². The molecule has 0 aliphatic rings. The van der Waals surface area contributed by atoms with E-state index in [2.05, 4.69) is 196 Å². The van der Waals surface area contributed by atoms with Gasteiger partial charge in [-0.3, -0.25) is 0 Å². The third-order valence-corrected chi connectivity index (χ3v) is 8.00. The Hall–Kier alpha value is -5.46. The lowest BCUT2D eigenvalue weighted by atomic mass is 9.97. The molecule has 6 rings (SSSR count). The molecule has 0 bridgehead atoms. The summed E-state index contributed by atoms with van der Waals surface area (Å²) in [4.78, 5) is 0. The molecule has 0 N–H and O–H groups in total. The highest BCUT2D eigenvalue weighted by Crippen LogP contribution is 2.27. The summed E-state index contributed by atoms with van der Waals surface area (Å²) in [7, 11) is 0. The van der Waals surface area contributed by atoms with Crippen LogP contribution in [0.3, 0.4) is 0 Å². The van der Waals surface area contributed by atoms with Crippen LogP contribution in [-0.4, -0.2) is 0 Å². The van der Waals surface area contributed by atoms with Gasteiger partial charge in [-0.05, 0) is 80.3 Å². The van der Waals surface area contributed by atoms with E-state index in [0.29, 0.717) is 0 Å². The first kappa shape index (κ1) is 28.6. The standard InChI is InChI=1S/C44H36/c1-33(39-11-5-3-6-12-39)31-37-21-17-35(18-22-37)25-27-41-29-30-42(44-16-10-9-15-43(41)44)28-26-36-19-23-38(24-20-36)32-34(2)40-13-7-4-8-14-40/h3-32H,1-2H3. The van der Waals surface area contributed by atoms with Crippen molar-refractivity contribution in [3.05, 3.63) is 190 Å². The van der Waals surface area contributed by atoms with Gasteiger partial charge in [0.15, 0.2) is 0 Å². The van der Waals surface area contributed by atoms with E-state index in [9.17, 15) is 0 Å². The zero-order chi connectivity index (χ0) is 30.1. The smallest absolute Gasteiger partial charge is 0.0105 e. The number of hydrogen-bond acceptors (Lipinski definition) is 0. The van der Waals surface area contributed by atoms with Crippen LogP contribution in [-0.2, 0) is 0 Å². The lowest BCUT2D eigenvalue weighted by Crippen LogP contribution is -1.84. The predicted molar refractivity (Wildman–Crippen MR) is 195 cm³/mol. The van der Waals surface area contributed by atoms with E-state index >= 15 is 0 Å². The summed E-state index contributed by atoms with van der Waals surface area (Å²) in [5.74, 6) is 0. The fourth-order valence-corrected chi connectivity index (χ4v) is 5.48. The molecule has 0 radical (unpaired) electrons. The summed E-state index contributed by atoms with van der Waals surface area (Å²) in [6.07, 6.45) is 13.3. The molecule has 0 aliphatic carbocycles. The monoisotopic (exact) mass is 564 g/mol. The second-order valence-corrected chi connectivity index (χ2v) is 11.2. The van der Waals surface area contributed by atoms with Gasteiger partial charge >= 0.3 is 0 Å². The van der Waals surface area contributed by atoms with E-state index in [4.69, 9.17) is 0 Å². The maximum atomic E-state index is 2.24. The van der Waals surface area contributed by atoms with Crippen LogP contribution in [0.1, 0.15) is 58.4 Å². The van der Waals surface area contributed by atoms with Gasteiger partial charge in [0.05, 0.1) is 0 Å². The lowest BCUT2D eigenvalue weighted by molar-refractivity contribution is 1.57. The van der Waals surface area contributed by atoms with Gasteiger partial charge in [0.2, 0.25) is 0 Å². The summed E-state index contributed by atoms with van der Waals surface area (Å²) in [5.41, 5.74) is 12.2. The number of allylic oxidation sites excluding steroid dienone is 2. The maximum Gasteiger partial charge on any atom is -0.0105 e. The first-order valence-electron chi connectivity index (χ1n) is 15.2. The molecule has 6 aromatic carbocycles. The number of rotatable bonds is 8. The summed E-state index contributed by atoms with van der Waals surface area (Å²) in [6.45, 7) is 4.32. The van der Waals surface area contributed by atoms with Gasteiger partial charge in [0.25, 0.3) is 0 Å². The van der Waals surface area contributed by atoms with E-state index in [0.717, 1.165) is 0 Å². The van der Waals surface area contributed by atoms with Crippen molar-refractivity contribution in [3.63, 3.8) is 0 Å².